The summed E-state index contributed by atoms with van der Waals surface area (Å²) in [4.78, 5) is 13.7. The summed E-state index contributed by atoms with van der Waals surface area (Å²) < 4.78 is 5.04. The number of carbonyl (C=O) groups excluding carboxylic acids is 1. The number of amides is 1. The fraction of sp³-hybridized carbons (Fsp3) is 0.462. The molecule has 0 bridgehead atoms. The first kappa shape index (κ1) is 12.7. The fourth-order valence-corrected chi connectivity index (χ4v) is 2.08. The molecule has 3 N–H and O–H groups in total. The zero-order valence-corrected chi connectivity index (χ0v) is 10.6. The van der Waals surface area contributed by atoms with E-state index < -0.39 is 5.60 Å². The van der Waals surface area contributed by atoms with Crippen LogP contribution in [0.4, 0.5) is 5.69 Å². The van der Waals surface area contributed by atoms with Gasteiger partial charge in [-0.3, -0.25) is 4.79 Å². The number of β-amino-alcohol motifs (C(OH)–C–C–N with tert-alkyl or cyclic N) is 1. The molecule has 1 aromatic rings. The molecule has 1 aliphatic rings. The number of methoxy groups -OCH3 is 1. The maximum Gasteiger partial charge on any atom is 0.254 e. The van der Waals surface area contributed by atoms with Gasteiger partial charge >= 0.3 is 0 Å². The van der Waals surface area contributed by atoms with E-state index in [1.165, 1.54) is 7.11 Å². The third-order valence-corrected chi connectivity index (χ3v) is 3.39. The topological polar surface area (TPSA) is 75.8 Å². The van der Waals surface area contributed by atoms with Gasteiger partial charge in [-0.1, -0.05) is 6.92 Å². The molecule has 0 aliphatic carbocycles. The van der Waals surface area contributed by atoms with Crippen molar-refractivity contribution in [1.29, 1.82) is 0 Å². The standard InChI is InChI=1S/C13H18N2O3/c1-3-13(17)7-15(8-13)12(16)9-4-5-11(18-2)10(14)6-9/h4-6,17H,3,7-8,14H2,1-2H3. The highest BCUT2D eigenvalue weighted by Gasteiger charge is 2.42. The minimum Gasteiger partial charge on any atom is -0.495 e. The van der Waals surface area contributed by atoms with E-state index in [2.05, 4.69) is 0 Å². The molecule has 0 radical (unpaired) electrons. The number of nitrogen functional groups attached to an aromatic ring is 1. The second-order valence-corrected chi connectivity index (χ2v) is 4.70. The molecule has 0 unspecified atom stereocenters. The lowest BCUT2D eigenvalue weighted by Gasteiger charge is -2.46. The molecule has 5 nitrogen and oxygen atoms in total. The predicted molar refractivity (Wildman–Crippen MR) is 68.6 cm³/mol. The molecular weight excluding hydrogens is 232 g/mol. The third-order valence-electron chi connectivity index (χ3n) is 3.39. The summed E-state index contributed by atoms with van der Waals surface area (Å²) in [7, 11) is 1.53. The molecule has 1 heterocycles. The molecule has 5 heteroatoms. The first-order chi connectivity index (χ1) is 8.49. The van der Waals surface area contributed by atoms with Crippen LogP contribution >= 0.6 is 0 Å². The van der Waals surface area contributed by atoms with Crippen LogP contribution in [0.5, 0.6) is 5.75 Å². The van der Waals surface area contributed by atoms with E-state index in [9.17, 15) is 9.90 Å². The van der Waals surface area contributed by atoms with Gasteiger partial charge in [0.1, 0.15) is 5.75 Å². The number of carbonyl (C=O) groups is 1. The number of benzene rings is 1. The van der Waals surface area contributed by atoms with Crippen LogP contribution < -0.4 is 10.5 Å². The summed E-state index contributed by atoms with van der Waals surface area (Å²) in [6.07, 6.45) is 0.654. The Morgan fingerprint density at radius 1 is 1.56 bits per heavy atom. The van der Waals surface area contributed by atoms with Gasteiger partial charge in [0.05, 0.1) is 31.5 Å². The Kier molecular flexibility index (Phi) is 3.17. The van der Waals surface area contributed by atoms with Crippen LogP contribution in [0.3, 0.4) is 0 Å². The minimum atomic E-state index is -0.715. The highest BCUT2D eigenvalue weighted by atomic mass is 16.5. The van der Waals surface area contributed by atoms with Crippen LogP contribution in [0.15, 0.2) is 18.2 Å². The van der Waals surface area contributed by atoms with Gasteiger partial charge in [0.15, 0.2) is 0 Å². The molecule has 1 aliphatic heterocycles. The average molecular weight is 250 g/mol. The molecule has 1 fully saturated rings. The maximum atomic E-state index is 12.1. The number of nitrogens with zero attached hydrogens (tertiary/aromatic N) is 1. The fourth-order valence-electron chi connectivity index (χ4n) is 2.08. The second kappa shape index (κ2) is 4.49. The number of rotatable bonds is 3. The van der Waals surface area contributed by atoms with Crippen molar-refractivity contribution in [2.45, 2.75) is 18.9 Å². The molecule has 2 rings (SSSR count). The molecule has 0 saturated carbocycles. The number of hydrogen-bond acceptors (Lipinski definition) is 4. The Balaban J connectivity index is 2.09. The SMILES string of the molecule is CCC1(O)CN(C(=O)c2ccc(OC)c(N)c2)C1. The lowest BCUT2D eigenvalue weighted by atomic mass is 9.90. The zero-order valence-electron chi connectivity index (χ0n) is 10.6. The van der Waals surface area contributed by atoms with Gasteiger partial charge in [0, 0.05) is 5.56 Å². The molecule has 0 spiro atoms. The number of likely N-dealkylation sites (tertiary alicyclic amines) is 1. The van der Waals surface area contributed by atoms with E-state index in [4.69, 9.17) is 10.5 Å². The smallest absolute Gasteiger partial charge is 0.254 e. The van der Waals surface area contributed by atoms with Crippen LogP contribution in [0.2, 0.25) is 0 Å². The van der Waals surface area contributed by atoms with Crippen LogP contribution in [-0.4, -0.2) is 41.7 Å². The summed E-state index contributed by atoms with van der Waals surface area (Å²) in [5.41, 5.74) is 6.01. The molecule has 98 valence electrons. The van der Waals surface area contributed by atoms with Crippen LogP contribution in [0.25, 0.3) is 0 Å². The van der Waals surface area contributed by atoms with Crippen LogP contribution in [0.1, 0.15) is 23.7 Å². The number of aliphatic hydroxyl groups is 1. The summed E-state index contributed by atoms with van der Waals surface area (Å²) in [5.74, 6) is 0.447. The van der Waals surface area contributed by atoms with Crippen molar-refractivity contribution in [3.8, 4) is 5.75 Å². The molecule has 1 amide bonds. The van der Waals surface area contributed by atoms with Crippen molar-refractivity contribution in [3.05, 3.63) is 23.8 Å². The maximum absolute atomic E-state index is 12.1. The quantitative estimate of drug-likeness (QED) is 0.781. The zero-order chi connectivity index (χ0) is 13.3. The molecule has 0 aromatic heterocycles. The summed E-state index contributed by atoms with van der Waals surface area (Å²) in [5, 5.41) is 9.88. The Labute approximate surface area is 106 Å². The van der Waals surface area contributed by atoms with E-state index >= 15 is 0 Å². The van der Waals surface area contributed by atoms with Gasteiger partial charge in [-0.05, 0) is 24.6 Å². The van der Waals surface area contributed by atoms with Gasteiger partial charge in [0.25, 0.3) is 5.91 Å². The Bertz CT molecular complexity index is 467. The van der Waals surface area contributed by atoms with E-state index in [1.807, 2.05) is 6.92 Å². The van der Waals surface area contributed by atoms with E-state index in [0.29, 0.717) is 36.5 Å². The Morgan fingerprint density at radius 2 is 2.22 bits per heavy atom. The van der Waals surface area contributed by atoms with Gasteiger partial charge in [-0.15, -0.1) is 0 Å². The monoisotopic (exact) mass is 250 g/mol. The summed E-state index contributed by atoms with van der Waals surface area (Å²) in [6, 6.07) is 4.96. The lowest BCUT2D eigenvalue weighted by Crippen LogP contribution is -2.63. The van der Waals surface area contributed by atoms with Crippen LogP contribution in [0, 0.1) is 0 Å². The molecule has 18 heavy (non-hydrogen) atoms. The number of hydrogen-bond donors (Lipinski definition) is 2. The highest BCUT2D eigenvalue weighted by molar-refractivity contribution is 5.96. The highest BCUT2D eigenvalue weighted by Crippen LogP contribution is 2.28. The number of nitrogens with two attached hydrogens (primary N) is 1. The molecule has 1 aromatic carbocycles. The van der Waals surface area contributed by atoms with Gasteiger partial charge < -0.3 is 20.5 Å². The Hall–Kier alpha value is -1.75. The van der Waals surface area contributed by atoms with Gasteiger partial charge in [0.2, 0.25) is 0 Å². The largest absolute Gasteiger partial charge is 0.495 e. The number of ether oxygens (including phenoxy) is 1. The van der Waals surface area contributed by atoms with E-state index in [-0.39, 0.29) is 5.91 Å². The van der Waals surface area contributed by atoms with Crippen molar-refractivity contribution >= 4 is 11.6 Å². The minimum absolute atomic E-state index is 0.109. The second-order valence-electron chi connectivity index (χ2n) is 4.70. The lowest BCUT2D eigenvalue weighted by molar-refractivity contribution is -0.0826. The van der Waals surface area contributed by atoms with Crippen LogP contribution in [-0.2, 0) is 0 Å². The Morgan fingerprint density at radius 3 is 2.72 bits per heavy atom. The first-order valence-electron chi connectivity index (χ1n) is 5.94. The molecule has 0 atom stereocenters. The van der Waals surface area contributed by atoms with Crippen molar-refractivity contribution in [2.24, 2.45) is 0 Å². The summed E-state index contributed by atoms with van der Waals surface area (Å²) >= 11 is 0. The van der Waals surface area contributed by atoms with Crippen molar-refractivity contribution in [2.75, 3.05) is 25.9 Å². The van der Waals surface area contributed by atoms with Gasteiger partial charge in [-0.2, -0.15) is 0 Å². The first-order valence-corrected chi connectivity index (χ1v) is 5.94. The predicted octanol–water partition coefficient (Wildman–Crippen LogP) is 0.874. The van der Waals surface area contributed by atoms with Crippen molar-refractivity contribution in [3.63, 3.8) is 0 Å². The van der Waals surface area contributed by atoms with E-state index in [1.54, 1.807) is 23.1 Å². The third kappa shape index (κ3) is 2.13. The van der Waals surface area contributed by atoms with Crippen molar-refractivity contribution < 1.29 is 14.6 Å². The average Bonchev–Trinajstić information content (AvgIpc) is 2.34. The van der Waals surface area contributed by atoms with E-state index in [0.717, 1.165) is 0 Å². The molecular formula is C13H18N2O3. The molecule has 1 saturated heterocycles. The number of anilines is 1. The normalized spacial score (nSPS) is 17.2. The van der Waals surface area contributed by atoms with Gasteiger partial charge in [-0.25, -0.2) is 0 Å². The summed E-state index contributed by atoms with van der Waals surface area (Å²) in [6.45, 7) is 2.68. The van der Waals surface area contributed by atoms with Crippen molar-refractivity contribution in [1.82, 2.24) is 4.90 Å².